The first-order valence-corrected chi connectivity index (χ1v) is 4.36. The molecule has 0 aliphatic carbocycles. The SMILES string of the molecule is O=c1[nH]c(I)nc2ncccc12. The molecule has 0 saturated carbocycles. The molecule has 0 unspecified atom stereocenters. The lowest BCUT2D eigenvalue weighted by Crippen LogP contribution is -2.10. The molecule has 2 aromatic rings. The Hall–Kier alpha value is -0.980. The number of halogens is 1. The van der Waals surface area contributed by atoms with Gasteiger partial charge in [-0.25, -0.2) is 9.97 Å². The Morgan fingerprint density at radius 1 is 1.50 bits per heavy atom. The van der Waals surface area contributed by atoms with E-state index in [2.05, 4.69) is 15.0 Å². The Labute approximate surface area is 81.2 Å². The first-order valence-electron chi connectivity index (χ1n) is 3.28. The smallest absolute Gasteiger partial charge is 0.261 e. The molecule has 2 aromatic heterocycles. The molecule has 1 N–H and O–H groups in total. The van der Waals surface area contributed by atoms with Gasteiger partial charge in [0.25, 0.3) is 5.56 Å². The number of hydrogen-bond acceptors (Lipinski definition) is 3. The first-order chi connectivity index (χ1) is 5.77. The van der Waals surface area contributed by atoms with Crippen LogP contribution in [0.2, 0.25) is 0 Å². The van der Waals surface area contributed by atoms with Crippen molar-refractivity contribution in [2.24, 2.45) is 0 Å². The molecule has 0 aliphatic rings. The third-order valence-corrected chi connectivity index (χ3v) is 1.96. The highest BCUT2D eigenvalue weighted by atomic mass is 127. The lowest BCUT2D eigenvalue weighted by Gasteiger charge is -1.93. The van der Waals surface area contributed by atoms with Crippen LogP contribution < -0.4 is 5.56 Å². The molecule has 0 aromatic carbocycles. The minimum absolute atomic E-state index is 0.141. The summed E-state index contributed by atoms with van der Waals surface area (Å²) in [5.41, 5.74) is 0.350. The minimum Gasteiger partial charge on any atom is -0.301 e. The Morgan fingerprint density at radius 2 is 2.33 bits per heavy atom. The monoisotopic (exact) mass is 273 g/mol. The average molecular weight is 273 g/mol. The molecule has 0 bridgehead atoms. The van der Waals surface area contributed by atoms with Crippen molar-refractivity contribution in [1.82, 2.24) is 15.0 Å². The van der Waals surface area contributed by atoms with E-state index in [0.29, 0.717) is 14.9 Å². The van der Waals surface area contributed by atoms with Gasteiger partial charge in [0.05, 0.1) is 5.39 Å². The van der Waals surface area contributed by atoms with Gasteiger partial charge < -0.3 is 4.98 Å². The topological polar surface area (TPSA) is 58.6 Å². The third-order valence-electron chi connectivity index (χ3n) is 1.45. The quantitative estimate of drug-likeness (QED) is 0.573. The van der Waals surface area contributed by atoms with Crippen molar-refractivity contribution in [2.75, 3.05) is 0 Å². The van der Waals surface area contributed by atoms with Crippen LogP contribution in [0.15, 0.2) is 23.1 Å². The van der Waals surface area contributed by atoms with Gasteiger partial charge >= 0.3 is 0 Å². The molecular weight excluding hydrogens is 269 g/mol. The maximum Gasteiger partial charge on any atom is 0.261 e. The number of hydrogen-bond donors (Lipinski definition) is 1. The van der Waals surface area contributed by atoms with Crippen LogP contribution >= 0.6 is 22.6 Å². The van der Waals surface area contributed by atoms with Crippen LogP contribution in [0.5, 0.6) is 0 Å². The van der Waals surface area contributed by atoms with E-state index in [1.165, 1.54) is 0 Å². The van der Waals surface area contributed by atoms with Crippen molar-refractivity contribution in [3.8, 4) is 0 Å². The first kappa shape index (κ1) is 7.66. The van der Waals surface area contributed by atoms with Gasteiger partial charge in [-0.15, -0.1) is 0 Å². The van der Waals surface area contributed by atoms with Crippen molar-refractivity contribution in [3.05, 3.63) is 32.5 Å². The van der Waals surface area contributed by atoms with Crippen LogP contribution in [0.25, 0.3) is 11.0 Å². The molecule has 2 rings (SSSR count). The average Bonchev–Trinajstić information content (AvgIpc) is 2.04. The highest BCUT2D eigenvalue weighted by Crippen LogP contribution is 2.02. The minimum atomic E-state index is -0.141. The van der Waals surface area contributed by atoms with Crippen molar-refractivity contribution in [1.29, 1.82) is 0 Å². The fourth-order valence-electron chi connectivity index (χ4n) is 0.945. The Bertz CT molecular complexity index is 479. The maximum absolute atomic E-state index is 11.3. The lowest BCUT2D eigenvalue weighted by molar-refractivity contribution is 1.09. The van der Waals surface area contributed by atoms with Gasteiger partial charge in [-0.1, -0.05) is 0 Å². The number of nitrogens with zero attached hydrogens (tertiary/aromatic N) is 2. The summed E-state index contributed by atoms with van der Waals surface area (Å²) in [5.74, 6) is 0. The predicted octanol–water partition coefficient (Wildman–Crippen LogP) is 0.923. The Balaban J connectivity index is 2.99. The van der Waals surface area contributed by atoms with Gasteiger partial charge in [0.2, 0.25) is 0 Å². The van der Waals surface area contributed by atoms with Gasteiger partial charge in [-0.3, -0.25) is 4.79 Å². The molecule has 0 radical (unpaired) electrons. The van der Waals surface area contributed by atoms with E-state index in [4.69, 9.17) is 0 Å². The zero-order valence-corrected chi connectivity index (χ0v) is 8.07. The zero-order valence-electron chi connectivity index (χ0n) is 5.91. The summed E-state index contributed by atoms with van der Waals surface area (Å²) in [5, 5.41) is 0.526. The van der Waals surface area contributed by atoms with Crippen LogP contribution in [-0.4, -0.2) is 15.0 Å². The van der Waals surface area contributed by atoms with Gasteiger partial charge in [-0.05, 0) is 34.7 Å². The van der Waals surface area contributed by atoms with E-state index in [9.17, 15) is 4.79 Å². The summed E-state index contributed by atoms with van der Waals surface area (Å²) in [6, 6.07) is 3.41. The number of rotatable bonds is 0. The van der Waals surface area contributed by atoms with Crippen molar-refractivity contribution >= 4 is 33.6 Å². The Kier molecular flexibility index (Phi) is 1.80. The van der Waals surface area contributed by atoms with E-state index in [-0.39, 0.29) is 5.56 Å². The van der Waals surface area contributed by atoms with Crippen LogP contribution in [0.3, 0.4) is 0 Å². The molecule has 4 nitrogen and oxygen atoms in total. The van der Waals surface area contributed by atoms with E-state index in [1.807, 2.05) is 22.6 Å². The highest BCUT2D eigenvalue weighted by Gasteiger charge is 2.00. The number of pyridine rings is 1. The summed E-state index contributed by atoms with van der Waals surface area (Å²) >= 11 is 1.95. The van der Waals surface area contributed by atoms with Gasteiger partial charge in [0.1, 0.15) is 0 Å². The maximum atomic E-state index is 11.3. The number of aromatic amines is 1. The summed E-state index contributed by atoms with van der Waals surface area (Å²) in [4.78, 5) is 21.9. The van der Waals surface area contributed by atoms with E-state index in [1.54, 1.807) is 18.3 Å². The molecular formula is C7H4IN3O. The molecule has 0 spiro atoms. The van der Waals surface area contributed by atoms with Crippen molar-refractivity contribution in [2.45, 2.75) is 0 Å². The molecule has 0 atom stereocenters. The van der Waals surface area contributed by atoms with Crippen molar-refractivity contribution in [3.63, 3.8) is 0 Å². The second kappa shape index (κ2) is 2.81. The number of aromatic nitrogens is 3. The van der Waals surface area contributed by atoms with Gasteiger partial charge in [0.15, 0.2) is 9.48 Å². The number of H-pyrrole nitrogens is 1. The van der Waals surface area contributed by atoms with Gasteiger partial charge in [0, 0.05) is 6.20 Å². The number of nitrogens with one attached hydrogen (secondary N) is 1. The van der Waals surface area contributed by atoms with Gasteiger partial charge in [-0.2, -0.15) is 0 Å². The molecule has 0 fully saturated rings. The molecule has 5 heteroatoms. The Morgan fingerprint density at radius 3 is 3.17 bits per heavy atom. The van der Waals surface area contributed by atoms with Crippen LogP contribution in [-0.2, 0) is 0 Å². The standard InChI is InChI=1S/C7H4IN3O/c8-7-10-5-4(6(12)11-7)2-1-3-9-5/h1-3H,(H,9,10,11,12). The summed E-state index contributed by atoms with van der Waals surface area (Å²) in [6.45, 7) is 0. The molecule has 0 saturated heterocycles. The zero-order chi connectivity index (χ0) is 8.55. The highest BCUT2D eigenvalue weighted by molar-refractivity contribution is 14.1. The summed E-state index contributed by atoms with van der Waals surface area (Å²) in [7, 11) is 0. The number of fused-ring (bicyclic) bond motifs is 1. The van der Waals surface area contributed by atoms with Crippen molar-refractivity contribution < 1.29 is 0 Å². The normalized spacial score (nSPS) is 10.4. The van der Waals surface area contributed by atoms with Crippen LogP contribution in [0.1, 0.15) is 0 Å². The largest absolute Gasteiger partial charge is 0.301 e. The second-order valence-electron chi connectivity index (χ2n) is 2.23. The molecule has 0 aliphatic heterocycles. The molecule has 60 valence electrons. The van der Waals surface area contributed by atoms with Crippen LogP contribution in [0.4, 0.5) is 0 Å². The fraction of sp³-hybridized carbons (Fsp3) is 0. The third kappa shape index (κ3) is 1.20. The fourth-order valence-corrected chi connectivity index (χ4v) is 1.42. The van der Waals surface area contributed by atoms with E-state index < -0.39 is 0 Å². The van der Waals surface area contributed by atoms with Crippen LogP contribution in [0, 0.1) is 3.83 Å². The molecule has 2 heterocycles. The molecule has 12 heavy (non-hydrogen) atoms. The summed E-state index contributed by atoms with van der Waals surface area (Å²) in [6.07, 6.45) is 1.62. The molecule has 0 amide bonds. The lowest BCUT2D eigenvalue weighted by atomic mass is 10.3. The predicted molar refractivity (Wildman–Crippen MR) is 52.9 cm³/mol. The second-order valence-corrected chi connectivity index (χ2v) is 3.25. The van der Waals surface area contributed by atoms with E-state index >= 15 is 0 Å². The van der Waals surface area contributed by atoms with E-state index in [0.717, 1.165) is 0 Å². The summed E-state index contributed by atoms with van der Waals surface area (Å²) < 4.78 is 0.559.